The monoisotopic (exact) mass is 194 g/mol. The summed E-state index contributed by atoms with van der Waals surface area (Å²) in [4.78, 5) is 10.3. The SMILES string of the molecule is O=C(O)C(O)C1CCC(F)(F)CC1. The quantitative estimate of drug-likeness (QED) is 0.695. The molecule has 1 aliphatic rings. The molecular weight excluding hydrogens is 182 g/mol. The predicted molar refractivity (Wildman–Crippen MR) is 40.5 cm³/mol. The van der Waals surface area contributed by atoms with E-state index in [9.17, 15) is 13.6 Å². The van der Waals surface area contributed by atoms with Crippen molar-refractivity contribution in [3.8, 4) is 0 Å². The summed E-state index contributed by atoms with van der Waals surface area (Å²) in [5.74, 6) is -4.51. The Bertz CT molecular complexity index is 196. The van der Waals surface area contributed by atoms with Gasteiger partial charge in [-0.3, -0.25) is 0 Å². The normalized spacial score (nSPS) is 25.5. The molecule has 0 saturated heterocycles. The van der Waals surface area contributed by atoms with Gasteiger partial charge in [0.2, 0.25) is 5.92 Å². The molecule has 0 heterocycles. The Labute approximate surface area is 74.4 Å². The number of aliphatic hydroxyl groups excluding tert-OH is 1. The number of alkyl halides is 2. The molecule has 1 unspecified atom stereocenters. The number of aliphatic carboxylic acids is 1. The number of halogens is 2. The van der Waals surface area contributed by atoms with Crippen LogP contribution in [0.3, 0.4) is 0 Å². The number of rotatable bonds is 2. The first-order chi connectivity index (χ1) is 5.92. The number of carbonyl (C=O) groups is 1. The lowest BCUT2D eigenvalue weighted by Gasteiger charge is -2.29. The van der Waals surface area contributed by atoms with Crippen molar-refractivity contribution in [2.24, 2.45) is 5.92 Å². The van der Waals surface area contributed by atoms with E-state index in [2.05, 4.69) is 0 Å². The minimum absolute atomic E-state index is 0.0838. The molecule has 1 fully saturated rings. The second-order valence-electron chi connectivity index (χ2n) is 3.48. The Kier molecular flexibility index (Phi) is 2.85. The average molecular weight is 194 g/mol. The van der Waals surface area contributed by atoms with Crippen molar-refractivity contribution in [2.45, 2.75) is 37.7 Å². The molecule has 1 saturated carbocycles. The van der Waals surface area contributed by atoms with Crippen molar-refractivity contribution in [1.29, 1.82) is 0 Å². The van der Waals surface area contributed by atoms with Gasteiger partial charge in [-0.25, -0.2) is 13.6 Å². The van der Waals surface area contributed by atoms with Gasteiger partial charge in [-0.05, 0) is 18.8 Å². The van der Waals surface area contributed by atoms with E-state index in [0.717, 1.165) is 0 Å². The van der Waals surface area contributed by atoms with E-state index in [1.807, 2.05) is 0 Å². The van der Waals surface area contributed by atoms with Crippen LogP contribution < -0.4 is 0 Å². The summed E-state index contributed by atoms with van der Waals surface area (Å²) in [5.41, 5.74) is 0. The van der Waals surface area contributed by atoms with E-state index in [4.69, 9.17) is 10.2 Å². The number of carboxylic acid groups (broad SMARTS) is 1. The third-order valence-corrected chi connectivity index (χ3v) is 2.46. The molecule has 1 rings (SSSR count). The summed E-state index contributed by atoms with van der Waals surface area (Å²) < 4.78 is 25.2. The molecule has 0 aromatic carbocycles. The third kappa shape index (κ3) is 2.62. The van der Waals surface area contributed by atoms with E-state index >= 15 is 0 Å². The summed E-state index contributed by atoms with van der Waals surface area (Å²) in [6.07, 6.45) is -1.96. The van der Waals surface area contributed by atoms with E-state index in [1.165, 1.54) is 0 Å². The smallest absolute Gasteiger partial charge is 0.332 e. The largest absolute Gasteiger partial charge is 0.479 e. The van der Waals surface area contributed by atoms with Gasteiger partial charge in [0.25, 0.3) is 0 Å². The van der Waals surface area contributed by atoms with E-state index in [-0.39, 0.29) is 25.7 Å². The maximum absolute atomic E-state index is 12.6. The molecule has 0 spiro atoms. The molecule has 76 valence electrons. The Morgan fingerprint density at radius 1 is 1.38 bits per heavy atom. The Balaban J connectivity index is 2.45. The standard InChI is InChI=1S/C8H12F2O3/c9-8(10)3-1-5(2-4-8)6(11)7(12)13/h5-6,11H,1-4H2,(H,12,13). The fraction of sp³-hybridized carbons (Fsp3) is 0.875. The average Bonchev–Trinajstić information content (AvgIpc) is 2.03. The predicted octanol–water partition coefficient (Wildman–Crippen LogP) is 1.26. The van der Waals surface area contributed by atoms with Crippen LogP contribution in [0.15, 0.2) is 0 Å². The lowest BCUT2D eigenvalue weighted by atomic mass is 9.83. The molecule has 0 aromatic heterocycles. The number of carboxylic acids is 1. The summed E-state index contributed by atoms with van der Waals surface area (Å²) >= 11 is 0. The first-order valence-electron chi connectivity index (χ1n) is 4.21. The van der Waals surface area contributed by atoms with Crippen LogP contribution in [-0.4, -0.2) is 28.2 Å². The molecule has 5 heteroatoms. The van der Waals surface area contributed by atoms with Crippen molar-refractivity contribution in [1.82, 2.24) is 0 Å². The molecule has 0 radical (unpaired) electrons. The van der Waals surface area contributed by atoms with Crippen molar-refractivity contribution in [2.75, 3.05) is 0 Å². The minimum atomic E-state index is -2.67. The fourth-order valence-electron chi connectivity index (χ4n) is 1.58. The van der Waals surface area contributed by atoms with Crippen molar-refractivity contribution in [3.63, 3.8) is 0 Å². The van der Waals surface area contributed by atoms with Crippen molar-refractivity contribution >= 4 is 5.97 Å². The van der Waals surface area contributed by atoms with Crippen molar-refractivity contribution < 1.29 is 23.8 Å². The molecule has 0 aliphatic heterocycles. The summed E-state index contributed by atoms with van der Waals surface area (Å²) in [6, 6.07) is 0. The molecule has 2 N–H and O–H groups in total. The highest BCUT2D eigenvalue weighted by atomic mass is 19.3. The molecule has 0 bridgehead atoms. The maximum atomic E-state index is 12.6. The van der Waals surface area contributed by atoms with Crippen LogP contribution in [0.4, 0.5) is 8.78 Å². The first kappa shape index (κ1) is 10.4. The van der Waals surface area contributed by atoms with Gasteiger partial charge in [0.1, 0.15) is 0 Å². The zero-order valence-electron chi connectivity index (χ0n) is 7.04. The highest BCUT2D eigenvalue weighted by Gasteiger charge is 2.38. The number of aliphatic hydroxyl groups is 1. The lowest BCUT2D eigenvalue weighted by Crippen LogP contribution is -2.35. The van der Waals surface area contributed by atoms with Gasteiger partial charge in [0.15, 0.2) is 6.10 Å². The Hall–Kier alpha value is -0.710. The van der Waals surface area contributed by atoms with E-state index in [1.54, 1.807) is 0 Å². The molecule has 0 aromatic rings. The van der Waals surface area contributed by atoms with Crippen LogP contribution in [0.25, 0.3) is 0 Å². The second-order valence-corrected chi connectivity index (χ2v) is 3.48. The second kappa shape index (κ2) is 3.57. The fourth-order valence-corrected chi connectivity index (χ4v) is 1.58. The number of hydrogen-bond donors (Lipinski definition) is 2. The van der Waals surface area contributed by atoms with E-state index in [0.29, 0.717) is 0 Å². The molecule has 1 aliphatic carbocycles. The maximum Gasteiger partial charge on any atom is 0.332 e. The molecule has 3 nitrogen and oxygen atoms in total. The lowest BCUT2D eigenvalue weighted by molar-refractivity contribution is -0.152. The van der Waals surface area contributed by atoms with Gasteiger partial charge < -0.3 is 10.2 Å². The van der Waals surface area contributed by atoms with Crippen LogP contribution in [0.1, 0.15) is 25.7 Å². The zero-order valence-corrected chi connectivity index (χ0v) is 7.04. The van der Waals surface area contributed by atoms with Crippen LogP contribution in [0, 0.1) is 5.92 Å². The Morgan fingerprint density at radius 3 is 2.23 bits per heavy atom. The van der Waals surface area contributed by atoms with Crippen LogP contribution >= 0.6 is 0 Å². The summed E-state index contributed by atoms with van der Waals surface area (Å²) in [6.45, 7) is 0. The van der Waals surface area contributed by atoms with Crippen LogP contribution in [0.5, 0.6) is 0 Å². The highest BCUT2D eigenvalue weighted by molar-refractivity contribution is 5.72. The zero-order chi connectivity index (χ0) is 10.1. The van der Waals surface area contributed by atoms with E-state index < -0.39 is 23.9 Å². The van der Waals surface area contributed by atoms with Gasteiger partial charge >= 0.3 is 5.97 Å². The minimum Gasteiger partial charge on any atom is -0.479 e. The topological polar surface area (TPSA) is 57.5 Å². The van der Waals surface area contributed by atoms with Gasteiger partial charge in [-0.2, -0.15) is 0 Å². The Morgan fingerprint density at radius 2 is 1.85 bits per heavy atom. The first-order valence-corrected chi connectivity index (χ1v) is 4.21. The number of hydrogen-bond acceptors (Lipinski definition) is 2. The molecule has 13 heavy (non-hydrogen) atoms. The summed E-state index contributed by atoms with van der Waals surface area (Å²) in [7, 11) is 0. The van der Waals surface area contributed by atoms with Gasteiger partial charge in [-0.15, -0.1) is 0 Å². The van der Waals surface area contributed by atoms with Gasteiger partial charge in [-0.1, -0.05) is 0 Å². The van der Waals surface area contributed by atoms with Crippen LogP contribution in [-0.2, 0) is 4.79 Å². The highest BCUT2D eigenvalue weighted by Crippen LogP contribution is 2.37. The third-order valence-electron chi connectivity index (χ3n) is 2.46. The van der Waals surface area contributed by atoms with Gasteiger partial charge in [0, 0.05) is 12.8 Å². The van der Waals surface area contributed by atoms with Crippen molar-refractivity contribution in [3.05, 3.63) is 0 Å². The molecule has 1 atom stereocenters. The molecule has 0 amide bonds. The van der Waals surface area contributed by atoms with Gasteiger partial charge in [0.05, 0.1) is 0 Å². The van der Waals surface area contributed by atoms with Crippen LogP contribution in [0.2, 0.25) is 0 Å². The molecular formula is C8H12F2O3. The summed E-state index contributed by atoms with van der Waals surface area (Å²) in [5, 5.41) is 17.5.